The van der Waals surface area contributed by atoms with Crippen LogP contribution in [0.25, 0.3) is 10.2 Å². The highest BCUT2D eigenvalue weighted by molar-refractivity contribution is 7.21. The molecule has 0 saturated heterocycles. The number of alkyl halides is 2. The van der Waals surface area contributed by atoms with Crippen LogP contribution in [-0.2, 0) is 6.61 Å². The number of ether oxygens (including phenoxy) is 1. The summed E-state index contributed by atoms with van der Waals surface area (Å²) < 4.78 is 37.5. The minimum atomic E-state index is -2.81. The zero-order valence-corrected chi connectivity index (χ0v) is 22.8. The van der Waals surface area contributed by atoms with Gasteiger partial charge in [-0.05, 0) is 30.7 Å². The highest BCUT2D eigenvalue weighted by Crippen LogP contribution is 2.48. The largest absolute Gasteiger partial charge is 0.482 e. The van der Waals surface area contributed by atoms with E-state index in [0.717, 1.165) is 11.3 Å². The molecule has 2 amide bonds. The summed E-state index contributed by atoms with van der Waals surface area (Å²) in [4.78, 5) is 28.9. The van der Waals surface area contributed by atoms with Crippen molar-refractivity contribution in [2.45, 2.75) is 20.0 Å². The van der Waals surface area contributed by atoms with Gasteiger partial charge in [0, 0.05) is 5.39 Å². The molecule has 0 aliphatic rings. The number of aryl methyl sites for hydroxylation is 1. The van der Waals surface area contributed by atoms with Crippen LogP contribution < -0.4 is 15.8 Å². The van der Waals surface area contributed by atoms with E-state index in [1.807, 2.05) is 0 Å². The predicted molar refractivity (Wildman–Crippen MR) is 140 cm³/mol. The number of nitrogens with one attached hydrogen (secondary N) is 1. The SMILES string of the molecule is Cc1cc(C(F)F)nc2sc(C(N)=O)c(NC(=O)c3ccc(COc4c(Cl)c(Cl)c(Cl)c(Cl)c4Cl)o3)c12. The monoisotopic (exact) mass is 627 g/mol. The lowest BCUT2D eigenvalue weighted by Gasteiger charge is -2.12. The van der Waals surface area contributed by atoms with E-state index in [0.29, 0.717) is 10.9 Å². The third-order valence-corrected chi connectivity index (χ3v) is 8.32. The molecular weight excluding hydrogens is 618 g/mol. The first-order chi connectivity index (χ1) is 17.4. The fraction of sp³-hybridized carbons (Fsp3) is 0.136. The molecule has 194 valence electrons. The summed E-state index contributed by atoms with van der Waals surface area (Å²) in [6.07, 6.45) is -2.81. The van der Waals surface area contributed by atoms with Gasteiger partial charge in [-0.25, -0.2) is 13.8 Å². The number of thiophene rings is 1. The maximum absolute atomic E-state index is 13.2. The van der Waals surface area contributed by atoms with E-state index in [9.17, 15) is 18.4 Å². The van der Waals surface area contributed by atoms with E-state index < -0.39 is 23.9 Å². The van der Waals surface area contributed by atoms with Crippen molar-refractivity contribution in [1.29, 1.82) is 0 Å². The molecule has 4 rings (SSSR count). The van der Waals surface area contributed by atoms with E-state index in [1.165, 1.54) is 18.2 Å². The van der Waals surface area contributed by atoms with Crippen molar-refractivity contribution in [3.8, 4) is 5.75 Å². The van der Waals surface area contributed by atoms with Crippen molar-refractivity contribution in [1.82, 2.24) is 4.98 Å². The number of fused-ring (bicyclic) bond motifs is 1. The van der Waals surface area contributed by atoms with Crippen LogP contribution in [0, 0.1) is 6.92 Å². The molecule has 15 heteroatoms. The summed E-state index contributed by atoms with van der Waals surface area (Å²) in [5.41, 5.74) is 5.41. The third kappa shape index (κ3) is 5.32. The number of hydrogen-bond donors (Lipinski definition) is 2. The fourth-order valence-corrected chi connectivity index (χ4v) is 5.61. The molecule has 3 N–H and O–H groups in total. The molecule has 3 heterocycles. The first-order valence-corrected chi connectivity index (χ1v) is 12.7. The summed E-state index contributed by atoms with van der Waals surface area (Å²) >= 11 is 31.1. The summed E-state index contributed by atoms with van der Waals surface area (Å²) in [6, 6.07) is 3.99. The maximum Gasteiger partial charge on any atom is 0.291 e. The Labute approximate surface area is 236 Å². The normalized spacial score (nSPS) is 11.4. The first-order valence-electron chi connectivity index (χ1n) is 9.97. The number of halogens is 7. The molecule has 0 aliphatic carbocycles. The predicted octanol–water partition coefficient (Wildman–Crippen LogP) is 8.33. The lowest BCUT2D eigenvalue weighted by Crippen LogP contribution is -2.16. The minimum Gasteiger partial charge on any atom is -0.482 e. The van der Waals surface area contributed by atoms with Gasteiger partial charge in [0.1, 0.15) is 37.8 Å². The number of rotatable bonds is 7. The number of carbonyl (C=O) groups is 2. The second kappa shape index (κ2) is 10.8. The van der Waals surface area contributed by atoms with Crippen molar-refractivity contribution in [3.05, 3.63) is 71.0 Å². The van der Waals surface area contributed by atoms with Gasteiger partial charge in [0.25, 0.3) is 18.2 Å². The van der Waals surface area contributed by atoms with Gasteiger partial charge in [-0.2, -0.15) is 0 Å². The number of primary amides is 1. The average Bonchev–Trinajstić information content (AvgIpc) is 3.47. The van der Waals surface area contributed by atoms with Crippen LogP contribution in [0.1, 0.15) is 43.7 Å². The molecule has 1 aromatic carbocycles. The summed E-state index contributed by atoms with van der Waals surface area (Å²) in [5.74, 6) is -1.58. The van der Waals surface area contributed by atoms with Crippen molar-refractivity contribution in [2.75, 3.05) is 5.32 Å². The topological polar surface area (TPSA) is 107 Å². The standard InChI is InChI=1S/C22H12Cl5F2N3O4S/c1-6-4-8(19(28)29)31-22-10(6)16(18(37-22)20(30)33)32-21(34)9-3-2-7(36-9)5-35-17-14(26)12(24)11(23)13(25)15(17)27/h2-4,19H,5H2,1H3,(H2,30,33)(H,32,34). The summed E-state index contributed by atoms with van der Waals surface area (Å²) in [7, 11) is 0. The van der Waals surface area contributed by atoms with Crippen LogP contribution in [0.4, 0.5) is 14.5 Å². The zero-order valence-electron chi connectivity index (χ0n) is 18.2. The Morgan fingerprint density at radius 1 is 1.11 bits per heavy atom. The van der Waals surface area contributed by atoms with Crippen molar-refractivity contribution < 1.29 is 27.5 Å². The van der Waals surface area contributed by atoms with Crippen LogP contribution in [-0.4, -0.2) is 16.8 Å². The van der Waals surface area contributed by atoms with Crippen molar-refractivity contribution in [2.24, 2.45) is 5.73 Å². The number of aromatic nitrogens is 1. The quantitative estimate of drug-likeness (QED) is 0.158. The van der Waals surface area contributed by atoms with Crippen molar-refractivity contribution >= 4 is 97.1 Å². The average molecular weight is 630 g/mol. The Morgan fingerprint density at radius 2 is 1.73 bits per heavy atom. The number of carbonyl (C=O) groups excluding carboxylic acids is 2. The fourth-order valence-electron chi connectivity index (χ4n) is 3.32. The Morgan fingerprint density at radius 3 is 2.32 bits per heavy atom. The van der Waals surface area contributed by atoms with E-state index in [4.69, 9.17) is 72.9 Å². The minimum absolute atomic E-state index is 0.0326. The summed E-state index contributed by atoms with van der Waals surface area (Å²) in [5, 5.41) is 2.62. The molecule has 37 heavy (non-hydrogen) atoms. The van der Waals surface area contributed by atoms with Gasteiger partial charge < -0.3 is 20.2 Å². The van der Waals surface area contributed by atoms with Gasteiger partial charge in [-0.1, -0.05) is 58.0 Å². The molecule has 0 aliphatic heterocycles. The molecule has 4 aromatic rings. The second-order valence-corrected chi connectivity index (χ2v) is 10.3. The number of hydrogen-bond acceptors (Lipinski definition) is 6. The Hall–Kier alpha value is -2.34. The van der Waals surface area contributed by atoms with Gasteiger partial charge in [0.2, 0.25) is 0 Å². The highest BCUT2D eigenvalue weighted by atomic mass is 35.5. The van der Waals surface area contributed by atoms with Gasteiger partial charge in [0.05, 0.1) is 20.8 Å². The summed E-state index contributed by atoms with van der Waals surface area (Å²) in [6.45, 7) is 1.34. The van der Waals surface area contributed by atoms with Crippen molar-refractivity contribution in [3.63, 3.8) is 0 Å². The third-order valence-electron chi connectivity index (χ3n) is 4.98. The van der Waals surface area contributed by atoms with Gasteiger partial charge in [-0.15, -0.1) is 11.3 Å². The van der Waals surface area contributed by atoms with Crippen LogP contribution in [0.3, 0.4) is 0 Å². The number of nitrogens with two attached hydrogens (primary N) is 1. The zero-order chi connectivity index (χ0) is 27.2. The van der Waals surface area contributed by atoms with Gasteiger partial charge in [-0.3, -0.25) is 9.59 Å². The molecular formula is C22H12Cl5F2N3O4S. The van der Waals surface area contributed by atoms with Crippen LogP contribution in [0.5, 0.6) is 5.75 Å². The van der Waals surface area contributed by atoms with E-state index in [-0.39, 0.29) is 64.4 Å². The van der Waals surface area contributed by atoms with Crippen LogP contribution >= 0.6 is 69.3 Å². The Bertz CT molecular complexity index is 1540. The number of furan rings is 1. The van der Waals surface area contributed by atoms with Crippen LogP contribution in [0.2, 0.25) is 25.1 Å². The number of pyridine rings is 1. The molecule has 0 unspecified atom stereocenters. The van der Waals surface area contributed by atoms with Crippen LogP contribution in [0.15, 0.2) is 22.6 Å². The Kier molecular flexibility index (Phi) is 8.08. The molecule has 7 nitrogen and oxygen atoms in total. The number of anilines is 1. The molecule has 0 saturated carbocycles. The Balaban J connectivity index is 1.59. The molecule has 0 radical (unpaired) electrons. The van der Waals surface area contributed by atoms with Gasteiger partial charge >= 0.3 is 0 Å². The highest BCUT2D eigenvalue weighted by Gasteiger charge is 2.25. The maximum atomic E-state index is 13.2. The smallest absolute Gasteiger partial charge is 0.291 e. The number of benzene rings is 1. The van der Waals surface area contributed by atoms with Gasteiger partial charge in [0.15, 0.2) is 11.5 Å². The first kappa shape index (κ1) is 27.7. The molecule has 0 fully saturated rings. The molecule has 0 atom stereocenters. The van der Waals surface area contributed by atoms with E-state index in [2.05, 4.69) is 10.3 Å². The molecule has 0 spiro atoms. The van der Waals surface area contributed by atoms with E-state index >= 15 is 0 Å². The molecule has 0 bridgehead atoms. The lowest BCUT2D eigenvalue weighted by molar-refractivity contribution is 0.0992. The number of amides is 2. The molecule has 3 aromatic heterocycles. The van der Waals surface area contributed by atoms with E-state index in [1.54, 1.807) is 6.92 Å². The lowest BCUT2D eigenvalue weighted by atomic mass is 10.1. The second-order valence-electron chi connectivity index (χ2n) is 7.42. The number of nitrogens with zero attached hydrogens (tertiary/aromatic N) is 1.